The van der Waals surface area contributed by atoms with E-state index in [0.29, 0.717) is 58.8 Å². The van der Waals surface area contributed by atoms with E-state index in [1.807, 2.05) is 0 Å². The van der Waals surface area contributed by atoms with E-state index in [4.69, 9.17) is 56.7 Å². The Balaban J connectivity index is 0.000000176. The van der Waals surface area contributed by atoms with Gasteiger partial charge < -0.3 is 20.4 Å². The number of benzene rings is 2. The van der Waals surface area contributed by atoms with E-state index in [2.05, 4.69) is 66.7 Å². The number of nitrogens with two attached hydrogens (primary N) is 1. The van der Waals surface area contributed by atoms with Crippen LogP contribution in [0.15, 0.2) is 91.5 Å². The monoisotopic (exact) mass is 918 g/mol. The van der Waals surface area contributed by atoms with Gasteiger partial charge in [0.05, 0.1) is 39.7 Å². The second-order valence-corrected chi connectivity index (χ2v) is 13.6. The molecule has 5 aromatic heterocycles. The number of anilines is 1. The van der Waals surface area contributed by atoms with Crippen molar-refractivity contribution < 1.29 is 24.2 Å². The highest BCUT2D eigenvalue weighted by Crippen LogP contribution is 2.30. The summed E-state index contributed by atoms with van der Waals surface area (Å²) < 4.78 is 8.96. The van der Waals surface area contributed by atoms with Crippen molar-refractivity contribution in [3.8, 4) is 23.2 Å². The van der Waals surface area contributed by atoms with Gasteiger partial charge in [-0.05, 0) is 93.2 Å². The summed E-state index contributed by atoms with van der Waals surface area (Å²) >= 11 is 18.6. The number of aromatic nitrogens is 7. The molecule has 0 saturated carbocycles. The van der Waals surface area contributed by atoms with Crippen LogP contribution in [0, 0.1) is 27.0 Å². The van der Waals surface area contributed by atoms with E-state index in [0.717, 1.165) is 0 Å². The topological polar surface area (TPSA) is 214 Å². The first-order chi connectivity index (χ1) is 26.6. The van der Waals surface area contributed by atoms with Gasteiger partial charge in [0.2, 0.25) is 5.89 Å². The van der Waals surface area contributed by atoms with E-state index >= 15 is 0 Å². The van der Waals surface area contributed by atoms with E-state index in [1.165, 1.54) is 33.8 Å². The van der Waals surface area contributed by atoms with Gasteiger partial charge in [0.1, 0.15) is 14.9 Å². The van der Waals surface area contributed by atoms with Gasteiger partial charge >= 0.3 is 17.6 Å². The minimum Gasteiger partial charge on any atom is -0.478 e. The van der Waals surface area contributed by atoms with Crippen LogP contribution in [0.1, 0.15) is 32.0 Å². The molecular weight excluding hydrogens is 899 g/mol. The van der Waals surface area contributed by atoms with Crippen LogP contribution < -0.4 is 11.4 Å². The largest absolute Gasteiger partial charge is 0.478 e. The Morgan fingerprint density at radius 1 is 0.821 bits per heavy atom. The first kappa shape index (κ1) is 40.7. The summed E-state index contributed by atoms with van der Waals surface area (Å²) in [5.41, 5.74) is 7.99. The van der Waals surface area contributed by atoms with Gasteiger partial charge in [0, 0.05) is 30.2 Å². The van der Waals surface area contributed by atoms with Gasteiger partial charge in [-0.15, -0.1) is 0 Å². The van der Waals surface area contributed by atoms with Gasteiger partial charge in [-0.3, -0.25) is 0 Å². The number of hydrogen-bond donors (Lipinski definition) is 3. The van der Waals surface area contributed by atoms with E-state index in [-0.39, 0.29) is 34.0 Å². The van der Waals surface area contributed by atoms with Crippen molar-refractivity contribution in [3.63, 3.8) is 0 Å². The molecule has 0 saturated heterocycles. The molecule has 0 radical (unpaired) electrons. The average molecular weight is 921 g/mol. The predicted molar refractivity (Wildman–Crippen MR) is 214 cm³/mol. The molecule has 4 N–H and O–H groups in total. The zero-order chi connectivity index (χ0) is 40.8. The molecule has 0 atom stereocenters. The molecule has 7 aromatic rings. The maximum Gasteiger partial charge on any atom is 0.354 e. The summed E-state index contributed by atoms with van der Waals surface area (Å²) in [4.78, 5) is 53.4. The summed E-state index contributed by atoms with van der Waals surface area (Å²) in [6, 6.07) is 15.7. The Morgan fingerprint density at radius 3 is 1.95 bits per heavy atom. The first-order valence-corrected chi connectivity index (χ1v) is 17.8. The number of carbonyl (C=O) groups is 2. The van der Waals surface area contributed by atoms with E-state index in [9.17, 15) is 14.4 Å². The van der Waals surface area contributed by atoms with Crippen molar-refractivity contribution in [2.24, 2.45) is 0 Å². The number of nitrogens with zero attached hydrogens (tertiary/aromatic N) is 9. The number of halogens is 4. The fourth-order valence-corrected chi connectivity index (χ4v) is 6.08. The lowest BCUT2D eigenvalue weighted by Gasteiger charge is -2.08. The average Bonchev–Trinajstić information content (AvgIpc) is 3.76. The van der Waals surface area contributed by atoms with Crippen molar-refractivity contribution >= 4 is 95.0 Å². The molecule has 280 valence electrons. The highest BCUT2D eigenvalue weighted by Gasteiger charge is 2.20. The first-order valence-electron chi connectivity index (χ1n) is 15.4. The molecular formula is C36H22Br2Cl2N10O6. The minimum absolute atomic E-state index is 0.00697. The summed E-state index contributed by atoms with van der Waals surface area (Å²) in [7, 11) is 0. The standard InChI is InChI=1S/C18H9BrClN5O2.C9H5BrClN3O2.C9H8N2O2/c1-9-6-10(21-2)7-11-15(9)23-17(27-18(11)26)13-8-14(19)24-25(13)16-12(20)4-3-5-22-16;10-7-4-6(9(15)16)14(13-7)8-5(11)2-1-3-12-8;1-5-3-6(11-2)4-7(8(5)10)9(12)13/h3-8H,1H3;1-4H,(H,15,16);3-4H,10H2,1H3,(H,12,13). The molecule has 2 aromatic carbocycles. The molecule has 0 aliphatic carbocycles. The predicted octanol–water partition coefficient (Wildman–Crippen LogP) is 8.92. The summed E-state index contributed by atoms with van der Waals surface area (Å²) in [5, 5.41) is 27.0. The normalized spacial score (nSPS) is 10.4. The van der Waals surface area contributed by atoms with Crippen molar-refractivity contribution in [3.05, 3.63) is 148 Å². The van der Waals surface area contributed by atoms with Gasteiger partial charge in [-0.1, -0.05) is 35.3 Å². The van der Waals surface area contributed by atoms with E-state index < -0.39 is 17.6 Å². The van der Waals surface area contributed by atoms with Crippen LogP contribution in [0.4, 0.5) is 17.1 Å². The number of carboxylic acids is 2. The quantitative estimate of drug-likeness (QED) is 0.109. The zero-order valence-electron chi connectivity index (χ0n) is 28.6. The Labute approximate surface area is 342 Å². The molecule has 0 spiro atoms. The number of nitrogen functional groups attached to an aromatic ring is 1. The second kappa shape index (κ2) is 17.4. The Kier molecular flexibility index (Phi) is 12.6. The van der Waals surface area contributed by atoms with Crippen LogP contribution in [0.2, 0.25) is 10.0 Å². The van der Waals surface area contributed by atoms with Gasteiger partial charge in [0.15, 0.2) is 28.7 Å². The molecule has 7 rings (SSSR count). The van der Waals surface area contributed by atoms with Gasteiger partial charge in [-0.2, -0.15) is 10.2 Å². The SMILES string of the molecule is O=C(O)c1cc(Br)nn1-c1ncccc1Cl.[C-]#[N+]c1cc(C)c(N)c(C(=O)O)c1.[C-]#[N+]c1cc(C)c2nc(-c3cc(Br)nn3-c3ncccc3Cl)oc(=O)c2c1. The summed E-state index contributed by atoms with van der Waals surface area (Å²) in [6.07, 6.45) is 3.10. The lowest BCUT2D eigenvalue weighted by atomic mass is 10.1. The van der Waals surface area contributed by atoms with Crippen LogP contribution >= 0.6 is 55.1 Å². The Bertz CT molecular complexity index is 2830. The number of carboxylic acid groups (broad SMARTS) is 2. The highest BCUT2D eigenvalue weighted by molar-refractivity contribution is 9.10. The fraction of sp³-hybridized carbons (Fsp3) is 0.0556. The molecule has 0 amide bonds. The van der Waals surface area contributed by atoms with Crippen LogP contribution in [0.3, 0.4) is 0 Å². The third-order valence-corrected chi connectivity index (χ3v) is 8.81. The number of aromatic carboxylic acids is 2. The van der Waals surface area contributed by atoms with Crippen molar-refractivity contribution in [1.29, 1.82) is 0 Å². The van der Waals surface area contributed by atoms with Gasteiger partial charge in [-0.25, -0.2) is 48.4 Å². The third kappa shape index (κ3) is 8.91. The van der Waals surface area contributed by atoms with Crippen molar-refractivity contribution in [2.45, 2.75) is 13.8 Å². The molecule has 0 unspecified atom stereocenters. The zero-order valence-corrected chi connectivity index (χ0v) is 33.3. The molecule has 0 aliphatic heterocycles. The van der Waals surface area contributed by atoms with Crippen LogP contribution in [-0.2, 0) is 0 Å². The molecule has 56 heavy (non-hydrogen) atoms. The number of aryl methyl sites for hydroxylation is 2. The smallest absolute Gasteiger partial charge is 0.354 e. The van der Waals surface area contributed by atoms with Gasteiger partial charge in [0.25, 0.3) is 0 Å². The summed E-state index contributed by atoms with van der Waals surface area (Å²) in [6.45, 7) is 17.3. The Morgan fingerprint density at radius 2 is 1.38 bits per heavy atom. The maximum absolute atomic E-state index is 12.5. The highest BCUT2D eigenvalue weighted by atomic mass is 79.9. The number of hydrogen-bond acceptors (Lipinski definition) is 10. The van der Waals surface area contributed by atoms with Crippen LogP contribution in [-0.4, -0.2) is 56.7 Å². The molecule has 0 fully saturated rings. The lowest BCUT2D eigenvalue weighted by molar-refractivity contribution is 0.0680. The van der Waals surface area contributed by atoms with Crippen LogP contribution in [0.5, 0.6) is 0 Å². The maximum atomic E-state index is 12.5. The molecule has 0 bridgehead atoms. The molecule has 20 heteroatoms. The number of rotatable bonds is 5. The second-order valence-electron chi connectivity index (χ2n) is 11.2. The van der Waals surface area contributed by atoms with Crippen molar-refractivity contribution in [1.82, 2.24) is 34.5 Å². The molecule has 0 aliphatic rings. The van der Waals surface area contributed by atoms with Crippen LogP contribution in [0.25, 0.3) is 43.8 Å². The summed E-state index contributed by atoms with van der Waals surface area (Å²) in [5.74, 6) is -1.46. The molecule has 5 heterocycles. The lowest BCUT2D eigenvalue weighted by Crippen LogP contribution is -2.09. The van der Waals surface area contributed by atoms with Crippen molar-refractivity contribution in [2.75, 3.05) is 5.73 Å². The minimum atomic E-state index is -1.11. The third-order valence-electron chi connectivity index (χ3n) is 7.44. The fourth-order valence-electron chi connectivity index (χ4n) is 4.93. The Hall–Kier alpha value is -6.44. The number of fused-ring (bicyclic) bond motifs is 1. The molecule has 16 nitrogen and oxygen atoms in total. The van der Waals surface area contributed by atoms with E-state index in [1.54, 1.807) is 62.5 Å². The number of pyridine rings is 2.